The first-order chi connectivity index (χ1) is 13.0. The van der Waals surface area contributed by atoms with E-state index in [1.807, 2.05) is 44.2 Å². The number of nitrogens with zero attached hydrogens (tertiary/aromatic N) is 2. The van der Waals surface area contributed by atoms with Crippen molar-refractivity contribution in [1.82, 2.24) is 15.1 Å². The van der Waals surface area contributed by atoms with Gasteiger partial charge in [-0.05, 0) is 50.2 Å². The molecule has 2 aromatic carbocycles. The van der Waals surface area contributed by atoms with E-state index in [0.717, 1.165) is 15.9 Å². The molecule has 3 rings (SSSR count). The molecule has 0 saturated carbocycles. The molecule has 27 heavy (non-hydrogen) atoms. The molecule has 0 saturated heterocycles. The zero-order chi connectivity index (χ0) is 19.4. The normalized spacial score (nSPS) is 10.5. The zero-order valence-corrected chi connectivity index (χ0v) is 16.6. The molecule has 0 fully saturated rings. The molecule has 2 amide bonds. The van der Waals surface area contributed by atoms with E-state index >= 15 is 0 Å². The summed E-state index contributed by atoms with van der Waals surface area (Å²) in [4.78, 5) is 24.4. The Hall–Kier alpha value is -2.93. The molecule has 0 radical (unpaired) electrons. The molecule has 7 heteroatoms. The van der Waals surface area contributed by atoms with Gasteiger partial charge in [0.1, 0.15) is 0 Å². The lowest BCUT2D eigenvalue weighted by Gasteiger charge is -2.08. The minimum Gasteiger partial charge on any atom is -0.343 e. The van der Waals surface area contributed by atoms with Gasteiger partial charge >= 0.3 is 0 Å². The van der Waals surface area contributed by atoms with Crippen molar-refractivity contribution in [1.29, 1.82) is 0 Å². The average molecular weight is 427 g/mol. The Morgan fingerprint density at radius 2 is 1.70 bits per heavy atom. The van der Waals surface area contributed by atoms with Gasteiger partial charge in [0.05, 0.1) is 29.3 Å². The van der Waals surface area contributed by atoms with Gasteiger partial charge in [0.25, 0.3) is 5.91 Å². The molecule has 0 atom stereocenters. The number of amides is 2. The van der Waals surface area contributed by atoms with Crippen LogP contribution in [0.5, 0.6) is 0 Å². The van der Waals surface area contributed by atoms with Crippen molar-refractivity contribution < 1.29 is 9.59 Å². The average Bonchev–Trinajstić information content (AvgIpc) is 2.95. The molecule has 0 bridgehead atoms. The van der Waals surface area contributed by atoms with Crippen LogP contribution >= 0.6 is 15.9 Å². The molecule has 1 heterocycles. The summed E-state index contributed by atoms with van der Waals surface area (Å²) in [7, 11) is 0. The summed E-state index contributed by atoms with van der Waals surface area (Å²) in [5.41, 5.74) is 3.61. The molecular weight excluding hydrogens is 408 g/mol. The number of carbonyl (C=O) groups excluding carboxylic acids is 2. The van der Waals surface area contributed by atoms with Crippen molar-refractivity contribution in [2.24, 2.45) is 0 Å². The van der Waals surface area contributed by atoms with Gasteiger partial charge < -0.3 is 10.6 Å². The monoisotopic (exact) mass is 426 g/mol. The smallest absolute Gasteiger partial charge is 0.251 e. The highest BCUT2D eigenvalue weighted by molar-refractivity contribution is 9.10. The zero-order valence-electron chi connectivity index (χ0n) is 15.0. The third-order valence-corrected chi connectivity index (χ3v) is 4.60. The Morgan fingerprint density at radius 3 is 2.37 bits per heavy atom. The van der Waals surface area contributed by atoms with Crippen LogP contribution < -0.4 is 10.6 Å². The third kappa shape index (κ3) is 4.43. The van der Waals surface area contributed by atoms with E-state index in [4.69, 9.17) is 0 Å². The number of benzene rings is 2. The Labute approximate surface area is 165 Å². The molecule has 0 unspecified atom stereocenters. The van der Waals surface area contributed by atoms with Gasteiger partial charge in [-0.2, -0.15) is 5.10 Å². The summed E-state index contributed by atoms with van der Waals surface area (Å²) in [5.74, 6) is -0.606. The summed E-state index contributed by atoms with van der Waals surface area (Å²) < 4.78 is 2.67. The van der Waals surface area contributed by atoms with Gasteiger partial charge in [0.2, 0.25) is 5.91 Å². The number of rotatable bonds is 5. The van der Waals surface area contributed by atoms with Crippen LogP contribution in [0.25, 0.3) is 5.69 Å². The van der Waals surface area contributed by atoms with Gasteiger partial charge in [-0.15, -0.1) is 0 Å². The van der Waals surface area contributed by atoms with Gasteiger partial charge in [-0.3, -0.25) is 9.59 Å². The van der Waals surface area contributed by atoms with Gasteiger partial charge in [-0.1, -0.05) is 34.1 Å². The molecule has 1 aromatic heterocycles. The minimum absolute atomic E-state index is 0.121. The number of aromatic nitrogens is 2. The standard InChI is InChI=1S/C20H19BrN4O2/c1-13-19(14(2)25(24-13)17-6-4-3-5-7-17)23-18(26)12-22-20(27)15-8-10-16(21)11-9-15/h3-11H,12H2,1-2H3,(H,22,27)(H,23,26). The predicted molar refractivity (Wildman–Crippen MR) is 108 cm³/mol. The number of aryl methyl sites for hydroxylation is 1. The molecule has 138 valence electrons. The van der Waals surface area contributed by atoms with E-state index in [1.54, 1.807) is 28.9 Å². The SMILES string of the molecule is Cc1nn(-c2ccccc2)c(C)c1NC(=O)CNC(=O)c1ccc(Br)cc1. The largest absolute Gasteiger partial charge is 0.343 e. The van der Waals surface area contributed by atoms with Crippen LogP contribution in [-0.2, 0) is 4.79 Å². The van der Waals surface area contributed by atoms with Crippen molar-refractivity contribution >= 4 is 33.4 Å². The lowest BCUT2D eigenvalue weighted by atomic mass is 10.2. The van der Waals surface area contributed by atoms with E-state index < -0.39 is 0 Å². The number of hydrogen-bond acceptors (Lipinski definition) is 3. The fourth-order valence-electron chi connectivity index (χ4n) is 2.69. The highest BCUT2D eigenvalue weighted by Crippen LogP contribution is 2.22. The molecule has 0 aliphatic carbocycles. The lowest BCUT2D eigenvalue weighted by Crippen LogP contribution is -2.33. The summed E-state index contributed by atoms with van der Waals surface area (Å²) in [6, 6.07) is 16.6. The van der Waals surface area contributed by atoms with Crippen molar-refractivity contribution in [2.45, 2.75) is 13.8 Å². The van der Waals surface area contributed by atoms with Crippen molar-refractivity contribution in [3.05, 3.63) is 76.0 Å². The van der Waals surface area contributed by atoms with Gasteiger partial charge in [-0.25, -0.2) is 4.68 Å². The number of anilines is 1. The highest BCUT2D eigenvalue weighted by atomic mass is 79.9. The molecule has 0 aliphatic heterocycles. The molecule has 0 spiro atoms. The van der Waals surface area contributed by atoms with Crippen LogP contribution in [0.3, 0.4) is 0 Å². The molecular formula is C20H19BrN4O2. The predicted octanol–water partition coefficient (Wildman–Crippen LogP) is 3.62. The summed E-state index contributed by atoms with van der Waals surface area (Å²) >= 11 is 3.32. The second-order valence-corrected chi connectivity index (χ2v) is 6.95. The quantitative estimate of drug-likeness (QED) is 0.653. The third-order valence-electron chi connectivity index (χ3n) is 4.07. The van der Waals surface area contributed by atoms with Crippen LogP contribution in [0.1, 0.15) is 21.7 Å². The van der Waals surface area contributed by atoms with Crippen molar-refractivity contribution in [2.75, 3.05) is 11.9 Å². The maximum atomic E-state index is 12.3. The fraction of sp³-hybridized carbons (Fsp3) is 0.150. The number of carbonyl (C=O) groups is 2. The fourth-order valence-corrected chi connectivity index (χ4v) is 2.96. The molecule has 3 aromatic rings. The second kappa shape index (κ2) is 8.18. The summed E-state index contributed by atoms with van der Waals surface area (Å²) in [5, 5.41) is 9.96. The number of nitrogens with one attached hydrogen (secondary N) is 2. The van der Waals surface area contributed by atoms with Gasteiger partial charge in [0.15, 0.2) is 0 Å². The topological polar surface area (TPSA) is 76.0 Å². The van der Waals surface area contributed by atoms with Crippen LogP contribution in [0, 0.1) is 13.8 Å². The van der Waals surface area contributed by atoms with E-state index in [-0.39, 0.29) is 18.4 Å². The minimum atomic E-state index is -0.306. The van der Waals surface area contributed by atoms with Crippen LogP contribution in [0.4, 0.5) is 5.69 Å². The maximum absolute atomic E-state index is 12.3. The Bertz CT molecular complexity index is 966. The first-order valence-corrected chi connectivity index (χ1v) is 9.20. The van der Waals surface area contributed by atoms with Crippen LogP contribution in [0.15, 0.2) is 59.1 Å². The molecule has 6 nitrogen and oxygen atoms in total. The van der Waals surface area contributed by atoms with E-state index in [2.05, 4.69) is 31.7 Å². The van der Waals surface area contributed by atoms with Crippen LogP contribution in [-0.4, -0.2) is 28.1 Å². The number of halogens is 1. The Kier molecular flexibility index (Phi) is 5.71. The van der Waals surface area contributed by atoms with Crippen molar-refractivity contribution in [3.63, 3.8) is 0 Å². The number of hydrogen-bond donors (Lipinski definition) is 2. The molecule has 2 N–H and O–H groups in total. The van der Waals surface area contributed by atoms with E-state index in [9.17, 15) is 9.59 Å². The van der Waals surface area contributed by atoms with E-state index in [1.165, 1.54) is 0 Å². The highest BCUT2D eigenvalue weighted by Gasteiger charge is 2.16. The van der Waals surface area contributed by atoms with Crippen LogP contribution in [0.2, 0.25) is 0 Å². The first-order valence-electron chi connectivity index (χ1n) is 8.41. The first kappa shape index (κ1) is 18.8. The maximum Gasteiger partial charge on any atom is 0.251 e. The second-order valence-electron chi connectivity index (χ2n) is 6.03. The number of para-hydroxylation sites is 1. The Balaban J connectivity index is 1.65. The van der Waals surface area contributed by atoms with E-state index in [0.29, 0.717) is 16.9 Å². The Morgan fingerprint density at radius 1 is 1.04 bits per heavy atom. The summed E-state index contributed by atoms with van der Waals surface area (Å²) in [6.07, 6.45) is 0. The van der Waals surface area contributed by atoms with Gasteiger partial charge in [0, 0.05) is 10.0 Å². The lowest BCUT2D eigenvalue weighted by molar-refractivity contribution is -0.115. The molecule has 0 aliphatic rings. The van der Waals surface area contributed by atoms with Crippen molar-refractivity contribution in [3.8, 4) is 5.69 Å². The summed E-state index contributed by atoms with van der Waals surface area (Å²) in [6.45, 7) is 3.61.